The fourth-order valence-electron chi connectivity index (χ4n) is 1.94. The maximum absolute atomic E-state index is 13.3. The molecule has 0 unspecified atom stereocenters. The first-order chi connectivity index (χ1) is 9.60. The second-order valence-electron chi connectivity index (χ2n) is 4.50. The van der Waals surface area contributed by atoms with Gasteiger partial charge in [-0.25, -0.2) is 4.39 Å². The van der Waals surface area contributed by atoms with Crippen LogP contribution in [-0.2, 0) is 6.54 Å². The number of hydrogen-bond donors (Lipinski definition) is 1. The van der Waals surface area contributed by atoms with Gasteiger partial charge in [-0.2, -0.15) is 0 Å². The number of ether oxygens (including phenoxy) is 1. The van der Waals surface area contributed by atoms with Crippen LogP contribution in [0.4, 0.5) is 10.1 Å². The molecular weight excluding hydrogens is 277 g/mol. The summed E-state index contributed by atoms with van der Waals surface area (Å²) < 4.78 is 18.8. The van der Waals surface area contributed by atoms with Crippen molar-refractivity contribution < 1.29 is 9.13 Å². The Morgan fingerprint density at radius 2 is 2.00 bits per heavy atom. The molecule has 1 N–H and O–H groups in total. The average molecular weight is 294 g/mol. The van der Waals surface area contributed by atoms with Gasteiger partial charge in [0.1, 0.15) is 11.6 Å². The Morgan fingerprint density at radius 3 is 2.75 bits per heavy atom. The second kappa shape index (κ2) is 6.62. The van der Waals surface area contributed by atoms with E-state index in [0.29, 0.717) is 18.2 Å². The van der Waals surface area contributed by atoms with Crippen molar-refractivity contribution in [2.45, 2.75) is 20.4 Å². The van der Waals surface area contributed by atoms with E-state index in [1.807, 2.05) is 19.9 Å². The lowest BCUT2D eigenvalue weighted by Crippen LogP contribution is -2.04. The highest BCUT2D eigenvalue weighted by Crippen LogP contribution is 2.28. The van der Waals surface area contributed by atoms with Crippen molar-refractivity contribution in [2.75, 3.05) is 11.9 Å². The van der Waals surface area contributed by atoms with Crippen LogP contribution < -0.4 is 10.1 Å². The Morgan fingerprint density at radius 1 is 1.20 bits per heavy atom. The van der Waals surface area contributed by atoms with Crippen molar-refractivity contribution >= 4 is 17.3 Å². The van der Waals surface area contributed by atoms with Gasteiger partial charge in [0.15, 0.2) is 0 Å². The Labute approximate surface area is 123 Å². The van der Waals surface area contributed by atoms with Crippen LogP contribution in [0.15, 0.2) is 36.4 Å². The summed E-state index contributed by atoms with van der Waals surface area (Å²) in [5.41, 5.74) is 2.76. The van der Waals surface area contributed by atoms with Crippen molar-refractivity contribution in [3.05, 3.63) is 58.4 Å². The molecule has 0 saturated heterocycles. The van der Waals surface area contributed by atoms with Gasteiger partial charge in [0.2, 0.25) is 0 Å². The number of halogens is 2. The molecule has 0 aliphatic carbocycles. The molecule has 0 aromatic heterocycles. The molecule has 0 heterocycles. The van der Waals surface area contributed by atoms with Crippen LogP contribution in [0.5, 0.6) is 5.75 Å². The van der Waals surface area contributed by atoms with Gasteiger partial charge in [-0.1, -0.05) is 17.7 Å². The fourth-order valence-corrected chi connectivity index (χ4v) is 2.11. The van der Waals surface area contributed by atoms with Gasteiger partial charge in [0.25, 0.3) is 0 Å². The smallest absolute Gasteiger partial charge is 0.142 e. The van der Waals surface area contributed by atoms with Gasteiger partial charge in [0.05, 0.1) is 12.3 Å². The highest BCUT2D eigenvalue weighted by Gasteiger charge is 2.06. The number of hydrogen-bond acceptors (Lipinski definition) is 2. The highest BCUT2D eigenvalue weighted by atomic mass is 35.5. The molecule has 0 bridgehead atoms. The van der Waals surface area contributed by atoms with E-state index in [0.717, 1.165) is 22.6 Å². The monoisotopic (exact) mass is 293 g/mol. The molecule has 106 valence electrons. The van der Waals surface area contributed by atoms with E-state index in [1.165, 1.54) is 12.1 Å². The molecule has 0 atom stereocenters. The molecule has 0 aliphatic rings. The summed E-state index contributed by atoms with van der Waals surface area (Å²) in [7, 11) is 0. The predicted molar refractivity (Wildman–Crippen MR) is 81.1 cm³/mol. The lowest BCUT2D eigenvalue weighted by Gasteiger charge is -2.14. The van der Waals surface area contributed by atoms with Crippen molar-refractivity contribution in [3.63, 3.8) is 0 Å². The Bertz CT molecular complexity index is 601. The van der Waals surface area contributed by atoms with Crippen molar-refractivity contribution in [1.82, 2.24) is 0 Å². The van der Waals surface area contributed by atoms with E-state index in [4.69, 9.17) is 16.3 Å². The van der Waals surface area contributed by atoms with Gasteiger partial charge in [0, 0.05) is 11.6 Å². The van der Waals surface area contributed by atoms with Crippen molar-refractivity contribution in [3.8, 4) is 5.75 Å². The van der Waals surface area contributed by atoms with Crippen LogP contribution in [0, 0.1) is 12.7 Å². The molecule has 2 nitrogen and oxygen atoms in total. The molecule has 0 fully saturated rings. The van der Waals surface area contributed by atoms with Gasteiger partial charge in [-0.15, -0.1) is 0 Å². The lowest BCUT2D eigenvalue weighted by molar-refractivity contribution is 0.341. The van der Waals surface area contributed by atoms with Gasteiger partial charge in [-0.3, -0.25) is 0 Å². The van der Waals surface area contributed by atoms with Crippen LogP contribution >= 0.6 is 11.6 Å². The first-order valence-electron chi connectivity index (χ1n) is 6.51. The molecule has 2 aromatic carbocycles. The number of rotatable bonds is 5. The third-order valence-electron chi connectivity index (χ3n) is 3.02. The zero-order valence-corrected chi connectivity index (χ0v) is 12.3. The van der Waals surface area contributed by atoms with Gasteiger partial charge < -0.3 is 10.1 Å². The summed E-state index contributed by atoms with van der Waals surface area (Å²) in [5.74, 6) is 0.509. The van der Waals surface area contributed by atoms with Crippen molar-refractivity contribution in [1.29, 1.82) is 0 Å². The molecule has 0 spiro atoms. The molecule has 0 saturated carbocycles. The van der Waals surface area contributed by atoms with Gasteiger partial charge in [-0.05, 0) is 55.3 Å². The number of anilines is 1. The Kier molecular flexibility index (Phi) is 4.85. The first-order valence-corrected chi connectivity index (χ1v) is 6.89. The summed E-state index contributed by atoms with van der Waals surface area (Å²) in [4.78, 5) is 0. The van der Waals surface area contributed by atoms with E-state index < -0.39 is 0 Å². The quantitative estimate of drug-likeness (QED) is 0.855. The second-order valence-corrected chi connectivity index (χ2v) is 4.93. The molecular formula is C16H17ClFNO. The van der Waals surface area contributed by atoms with Crippen LogP contribution in [-0.4, -0.2) is 6.61 Å². The first kappa shape index (κ1) is 14.7. The van der Waals surface area contributed by atoms with E-state index in [2.05, 4.69) is 5.32 Å². The molecule has 20 heavy (non-hydrogen) atoms. The van der Waals surface area contributed by atoms with Crippen LogP contribution in [0.1, 0.15) is 18.1 Å². The third-order valence-corrected chi connectivity index (χ3v) is 3.26. The lowest BCUT2D eigenvalue weighted by atomic mass is 10.1. The van der Waals surface area contributed by atoms with Crippen LogP contribution in [0.2, 0.25) is 5.02 Å². The molecule has 0 aliphatic heterocycles. The SMILES string of the molecule is CCOc1ccc(Cl)cc1NCc1cc(F)ccc1C. The van der Waals surface area contributed by atoms with Crippen molar-refractivity contribution in [2.24, 2.45) is 0 Å². The van der Waals surface area contributed by atoms with Crippen LogP contribution in [0.3, 0.4) is 0 Å². The normalized spacial score (nSPS) is 10.4. The molecule has 0 radical (unpaired) electrons. The standard InChI is InChI=1S/C16H17ClFNO/c1-3-20-16-7-5-13(17)9-15(16)19-10-12-8-14(18)6-4-11(12)2/h4-9,19H,3,10H2,1-2H3. The largest absolute Gasteiger partial charge is 0.492 e. The number of aryl methyl sites for hydroxylation is 1. The zero-order chi connectivity index (χ0) is 14.5. The minimum absolute atomic E-state index is 0.233. The molecule has 4 heteroatoms. The summed E-state index contributed by atoms with van der Waals surface area (Å²) >= 11 is 6.00. The third kappa shape index (κ3) is 3.64. The summed E-state index contributed by atoms with van der Waals surface area (Å²) in [5, 5.41) is 3.88. The summed E-state index contributed by atoms with van der Waals surface area (Å²) in [6.45, 7) is 4.98. The van der Waals surface area contributed by atoms with Crippen LogP contribution in [0.25, 0.3) is 0 Å². The number of benzene rings is 2. The predicted octanol–water partition coefficient (Wildman–Crippen LogP) is 4.80. The Balaban J connectivity index is 2.17. The van der Waals surface area contributed by atoms with E-state index in [1.54, 1.807) is 18.2 Å². The topological polar surface area (TPSA) is 21.3 Å². The van der Waals surface area contributed by atoms with E-state index >= 15 is 0 Å². The Hall–Kier alpha value is -1.74. The molecule has 2 rings (SSSR count). The highest BCUT2D eigenvalue weighted by molar-refractivity contribution is 6.30. The fraction of sp³-hybridized carbons (Fsp3) is 0.250. The maximum Gasteiger partial charge on any atom is 0.142 e. The van der Waals surface area contributed by atoms with E-state index in [-0.39, 0.29) is 5.82 Å². The molecule has 2 aromatic rings. The minimum Gasteiger partial charge on any atom is -0.492 e. The van der Waals surface area contributed by atoms with Gasteiger partial charge >= 0.3 is 0 Å². The summed E-state index contributed by atoms with van der Waals surface area (Å²) in [6, 6.07) is 10.2. The average Bonchev–Trinajstić information content (AvgIpc) is 2.42. The maximum atomic E-state index is 13.3. The van der Waals surface area contributed by atoms with E-state index in [9.17, 15) is 4.39 Å². The zero-order valence-electron chi connectivity index (χ0n) is 11.5. The minimum atomic E-state index is -0.233. The summed E-state index contributed by atoms with van der Waals surface area (Å²) in [6.07, 6.45) is 0. The molecule has 0 amide bonds. The number of nitrogens with one attached hydrogen (secondary N) is 1.